The molecule has 1 N–H and O–H groups in total. The Kier molecular flexibility index (Phi) is 11.5. The Morgan fingerprint density at radius 3 is 1.75 bits per heavy atom. The lowest BCUT2D eigenvalue weighted by molar-refractivity contribution is 0.279. The molecule has 0 amide bonds. The van der Waals surface area contributed by atoms with Crippen molar-refractivity contribution in [2.24, 2.45) is 11.8 Å². The number of hydrogen-bond donors (Lipinski definition) is 1. The summed E-state index contributed by atoms with van der Waals surface area (Å²) in [5.74, 6) is 1.57. The maximum atomic E-state index is 3.87. The molecule has 0 fully saturated rings. The Morgan fingerprint density at radius 1 is 0.850 bits per heavy atom. The number of rotatable bonds is 12. The molecule has 0 heterocycles. The SMILES string of the molecule is CCN(CC)CCCC(C)NC(CC(C)C)CC(C)C. The Morgan fingerprint density at radius 2 is 1.35 bits per heavy atom. The van der Waals surface area contributed by atoms with Crippen LogP contribution in [0.1, 0.15) is 74.1 Å². The Labute approximate surface area is 128 Å². The van der Waals surface area contributed by atoms with Crippen molar-refractivity contribution in [1.82, 2.24) is 10.2 Å². The summed E-state index contributed by atoms with van der Waals surface area (Å²) < 4.78 is 0. The summed E-state index contributed by atoms with van der Waals surface area (Å²) in [4.78, 5) is 2.52. The zero-order valence-electron chi connectivity index (χ0n) is 15.2. The zero-order valence-corrected chi connectivity index (χ0v) is 15.2. The van der Waals surface area contributed by atoms with Crippen LogP contribution in [-0.2, 0) is 0 Å². The Balaban J connectivity index is 4.01. The molecule has 0 rings (SSSR count). The van der Waals surface area contributed by atoms with Crippen molar-refractivity contribution in [3.63, 3.8) is 0 Å². The molecular weight excluding hydrogens is 244 g/mol. The van der Waals surface area contributed by atoms with Gasteiger partial charge in [-0.3, -0.25) is 0 Å². The molecule has 0 saturated heterocycles. The van der Waals surface area contributed by atoms with Gasteiger partial charge >= 0.3 is 0 Å². The molecule has 0 aromatic rings. The van der Waals surface area contributed by atoms with E-state index >= 15 is 0 Å². The summed E-state index contributed by atoms with van der Waals surface area (Å²) in [6.07, 6.45) is 5.21. The molecule has 1 atom stereocenters. The summed E-state index contributed by atoms with van der Waals surface area (Å²) >= 11 is 0. The predicted molar refractivity (Wildman–Crippen MR) is 92.3 cm³/mol. The van der Waals surface area contributed by atoms with E-state index in [1.165, 1.54) is 45.3 Å². The third kappa shape index (κ3) is 10.7. The van der Waals surface area contributed by atoms with Crippen molar-refractivity contribution in [2.75, 3.05) is 19.6 Å². The fourth-order valence-electron chi connectivity index (χ4n) is 3.02. The minimum atomic E-state index is 0.646. The van der Waals surface area contributed by atoms with E-state index in [1.807, 2.05) is 0 Å². The van der Waals surface area contributed by atoms with Crippen LogP contribution in [0.25, 0.3) is 0 Å². The van der Waals surface area contributed by atoms with Crippen LogP contribution in [0.3, 0.4) is 0 Å². The Hall–Kier alpha value is -0.0800. The van der Waals surface area contributed by atoms with Crippen LogP contribution >= 0.6 is 0 Å². The van der Waals surface area contributed by atoms with E-state index in [0.717, 1.165) is 11.8 Å². The smallest absolute Gasteiger partial charge is 0.00744 e. The average molecular weight is 285 g/mol. The highest BCUT2D eigenvalue weighted by atomic mass is 15.1. The van der Waals surface area contributed by atoms with Crippen molar-refractivity contribution >= 4 is 0 Å². The highest BCUT2D eigenvalue weighted by Crippen LogP contribution is 2.15. The van der Waals surface area contributed by atoms with Crippen molar-refractivity contribution in [2.45, 2.75) is 86.2 Å². The van der Waals surface area contributed by atoms with Gasteiger partial charge in [0.25, 0.3) is 0 Å². The second-order valence-electron chi connectivity index (χ2n) is 7.19. The molecule has 0 spiro atoms. The summed E-state index contributed by atoms with van der Waals surface area (Å²) in [7, 11) is 0. The first kappa shape index (κ1) is 19.9. The normalized spacial score (nSPS) is 13.9. The number of nitrogens with one attached hydrogen (secondary N) is 1. The molecule has 0 aromatic carbocycles. The monoisotopic (exact) mass is 284 g/mol. The van der Waals surface area contributed by atoms with Gasteiger partial charge in [-0.15, -0.1) is 0 Å². The highest BCUT2D eigenvalue weighted by Gasteiger charge is 2.15. The van der Waals surface area contributed by atoms with Crippen LogP contribution in [0, 0.1) is 11.8 Å². The standard InChI is InChI=1S/C18H40N2/c1-8-20(9-2)12-10-11-17(7)19-18(13-15(3)4)14-16(5)6/h15-19H,8-14H2,1-7H3. The van der Waals surface area contributed by atoms with Gasteiger partial charge in [0.05, 0.1) is 0 Å². The first-order valence-electron chi connectivity index (χ1n) is 8.87. The summed E-state index contributed by atoms with van der Waals surface area (Å²) in [6.45, 7) is 19.8. The third-order valence-electron chi connectivity index (χ3n) is 4.04. The molecule has 0 radical (unpaired) electrons. The van der Waals surface area contributed by atoms with E-state index < -0.39 is 0 Å². The molecular formula is C18H40N2. The minimum Gasteiger partial charge on any atom is -0.311 e. The second-order valence-corrected chi connectivity index (χ2v) is 7.19. The zero-order chi connectivity index (χ0) is 15.5. The maximum Gasteiger partial charge on any atom is 0.00744 e. The van der Waals surface area contributed by atoms with Gasteiger partial charge in [-0.2, -0.15) is 0 Å². The molecule has 0 aliphatic heterocycles. The molecule has 0 aromatic heterocycles. The van der Waals surface area contributed by atoms with Crippen molar-refractivity contribution in [3.05, 3.63) is 0 Å². The lowest BCUT2D eigenvalue weighted by atomic mass is 9.94. The van der Waals surface area contributed by atoms with E-state index in [0.29, 0.717) is 12.1 Å². The molecule has 122 valence electrons. The van der Waals surface area contributed by atoms with Gasteiger partial charge in [0.1, 0.15) is 0 Å². The lowest BCUT2D eigenvalue weighted by Crippen LogP contribution is -2.38. The molecule has 2 heteroatoms. The fourth-order valence-corrected chi connectivity index (χ4v) is 3.02. The maximum absolute atomic E-state index is 3.87. The van der Waals surface area contributed by atoms with E-state index in [2.05, 4.69) is 58.7 Å². The van der Waals surface area contributed by atoms with Crippen LogP contribution in [0.5, 0.6) is 0 Å². The summed E-state index contributed by atoms with van der Waals surface area (Å²) in [5, 5.41) is 3.87. The van der Waals surface area contributed by atoms with Crippen molar-refractivity contribution in [1.29, 1.82) is 0 Å². The quantitative estimate of drug-likeness (QED) is 0.566. The third-order valence-corrected chi connectivity index (χ3v) is 4.04. The Bertz CT molecular complexity index is 199. The average Bonchev–Trinajstić information content (AvgIpc) is 2.32. The van der Waals surface area contributed by atoms with Gasteiger partial charge in [0, 0.05) is 12.1 Å². The summed E-state index contributed by atoms with van der Waals surface area (Å²) in [5.41, 5.74) is 0. The molecule has 2 nitrogen and oxygen atoms in total. The van der Waals surface area contributed by atoms with Crippen LogP contribution < -0.4 is 5.32 Å². The van der Waals surface area contributed by atoms with Gasteiger partial charge < -0.3 is 10.2 Å². The van der Waals surface area contributed by atoms with Crippen molar-refractivity contribution < 1.29 is 0 Å². The first-order chi connectivity index (χ1) is 9.38. The number of nitrogens with zero attached hydrogens (tertiary/aromatic N) is 1. The van der Waals surface area contributed by atoms with Gasteiger partial charge in [-0.25, -0.2) is 0 Å². The second kappa shape index (κ2) is 11.6. The first-order valence-corrected chi connectivity index (χ1v) is 8.87. The van der Waals surface area contributed by atoms with E-state index in [9.17, 15) is 0 Å². The van der Waals surface area contributed by atoms with Gasteiger partial charge in [0.2, 0.25) is 0 Å². The minimum absolute atomic E-state index is 0.646. The van der Waals surface area contributed by atoms with E-state index in [4.69, 9.17) is 0 Å². The topological polar surface area (TPSA) is 15.3 Å². The summed E-state index contributed by atoms with van der Waals surface area (Å²) in [6, 6.07) is 1.34. The molecule has 1 unspecified atom stereocenters. The molecule has 20 heavy (non-hydrogen) atoms. The van der Waals surface area contributed by atoms with Gasteiger partial charge in [-0.05, 0) is 64.1 Å². The molecule has 0 bridgehead atoms. The van der Waals surface area contributed by atoms with Gasteiger partial charge in [0.15, 0.2) is 0 Å². The highest BCUT2D eigenvalue weighted by molar-refractivity contribution is 4.74. The van der Waals surface area contributed by atoms with Crippen molar-refractivity contribution in [3.8, 4) is 0 Å². The lowest BCUT2D eigenvalue weighted by Gasteiger charge is -2.27. The molecule has 0 saturated carbocycles. The van der Waals surface area contributed by atoms with E-state index in [1.54, 1.807) is 0 Å². The fraction of sp³-hybridized carbons (Fsp3) is 1.00. The largest absolute Gasteiger partial charge is 0.311 e. The van der Waals surface area contributed by atoms with Crippen LogP contribution in [0.2, 0.25) is 0 Å². The van der Waals surface area contributed by atoms with Crippen LogP contribution in [0.4, 0.5) is 0 Å². The predicted octanol–water partition coefficient (Wildman–Crippen LogP) is 4.55. The van der Waals surface area contributed by atoms with Gasteiger partial charge in [-0.1, -0.05) is 41.5 Å². The van der Waals surface area contributed by atoms with Crippen LogP contribution in [0.15, 0.2) is 0 Å². The number of hydrogen-bond acceptors (Lipinski definition) is 2. The molecule has 0 aliphatic rings. The molecule has 0 aliphatic carbocycles. The van der Waals surface area contributed by atoms with E-state index in [-0.39, 0.29) is 0 Å². The van der Waals surface area contributed by atoms with Crippen LogP contribution in [-0.4, -0.2) is 36.6 Å².